The van der Waals surface area contributed by atoms with Crippen LogP contribution in [0, 0.1) is 0 Å². The number of hydrogen-bond donors (Lipinski definition) is 3. The van der Waals surface area contributed by atoms with E-state index >= 15 is 0 Å². The maximum atomic E-state index is 13.8. The molecule has 2 heterocycles. The Balaban J connectivity index is 1.25. The number of piperazine rings is 1. The van der Waals surface area contributed by atoms with Gasteiger partial charge in [0.15, 0.2) is 0 Å². The smallest absolute Gasteiger partial charge is 0.243 e. The van der Waals surface area contributed by atoms with E-state index in [1.807, 2.05) is 31.3 Å². The van der Waals surface area contributed by atoms with Gasteiger partial charge in [0.05, 0.1) is 6.54 Å². The number of hydrogen-bond acceptors (Lipinski definition) is 4. The molecule has 226 valence electrons. The highest BCUT2D eigenvalue weighted by atomic mass is 16.2. The van der Waals surface area contributed by atoms with Crippen LogP contribution >= 0.6 is 0 Å². The summed E-state index contributed by atoms with van der Waals surface area (Å²) in [6.45, 7) is 11.0. The maximum absolute atomic E-state index is 13.8. The molecule has 2 atom stereocenters. The Labute approximate surface area is 251 Å². The van der Waals surface area contributed by atoms with Gasteiger partial charge in [-0.15, -0.1) is 0 Å². The zero-order valence-electron chi connectivity index (χ0n) is 25.8. The van der Waals surface area contributed by atoms with Crippen molar-refractivity contribution >= 4 is 22.7 Å². The lowest BCUT2D eigenvalue weighted by Gasteiger charge is -2.40. The second-order valence-electron chi connectivity index (χ2n) is 12.3. The third-order valence-electron chi connectivity index (χ3n) is 9.58. The Morgan fingerprint density at radius 2 is 1.69 bits per heavy atom. The Morgan fingerprint density at radius 3 is 2.43 bits per heavy atom. The van der Waals surface area contributed by atoms with Crippen LogP contribution in [0.15, 0.2) is 48.7 Å². The first kappa shape index (κ1) is 30.3. The van der Waals surface area contributed by atoms with Crippen LogP contribution in [0.5, 0.6) is 0 Å². The van der Waals surface area contributed by atoms with Crippen molar-refractivity contribution in [3.05, 3.63) is 70.9 Å². The Hall–Kier alpha value is -3.16. The first-order valence-corrected chi connectivity index (χ1v) is 16.2. The number of carbonyl (C=O) groups excluding carboxylic acids is 2. The summed E-state index contributed by atoms with van der Waals surface area (Å²) in [6, 6.07) is 14.6. The van der Waals surface area contributed by atoms with Crippen LogP contribution in [0.3, 0.4) is 0 Å². The molecule has 42 heavy (non-hydrogen) atoms. The molecule has 2 unspecified atom stereocenters. The molecule has 1 aliphatic heterocycles. The highest BCUT2D eigenvalue weighted by Crippen LogP contribution is 2.28. The largest absolute Gasteiger partial charge is 0.361 e. The zero-order chi connectivity index (χ0) is 29.5. The number of benzene rings is 2. The summed E-state index contributed by atoms with van der Waals surface area (Å²) in [4.78, 5) is 35.4. The molecule has 3 N–H and O–H groups in total. The van der Waals surface area contributed by atoms with Crippen LogP contribution in [0.25, 0.3) is 10.9 Å². The summed E-state index contributed by atoms with van der Waals surface area (Å²) in [5, 5.41) is 7.38. The quantitative estimate of drug-likeness (QED) is 0.298. The average Bonchev–Trinajstić information content (AvgIpc) is 3.47. The number of carbonyl (C=O) groups is 2. The average molecular weight is 572 g/mol. The number of amides is 2. The predicted molar refractivity (Wildman–Crippen MR) is 171 cm³/mol. The van der Waals surface area contributed by atoms with Crippen LogP contribution in [-0.4, -0.2) is 71.4 Å². The second kappa shape index (κ2) is 14.3. The number of H-pyrrole nitrogens is 1. The number of nitrogens with one attached hydrogen (secondary N) is 3. The minimum Gasteiger partial charge on any atom is -0.361 e. The fraction of sp³-hybridized carbons (Fsp3) is 0.543. The summed E-state index contributed by atoms with van der Waals surface area (Å²) in [5.41, 5.74) is 5.82. The van der Waals surface area contributed by atoms with Crippen molar-refractivity contribution in [1.29, 1.82) is 0 Å². The molecule has 2 aromatic carbocycles. The summed E-state index contributed by atoms with van der Waals surface area (Å²) < 4.78 is 0. The van der Waals surface area contributed by atoms with E-state index in [1.54, 1.807) is 0 Å². The van der Waals surface area contributed by atoms with E-state index in [2.05, 4.69) is 63.5 Å². The SMILES string of the molecule is CCc1ccc(CNC(=O)C(NC(=O)CN2CCN(C3CCCCC3)CC2)C(C)c2c[nH]c3ccccc23)cc1CC. The van der Waals surface area contributed by atoms with Gasteiger partial charge in [0, 0.05) is 61.8 Å². The first-order chi connectivity index (χ1) is 20.5. The monoisotopic (exact) mass is 571 g/mol. The summed E-state index contributed by atoms with van der Waals surface area (Å²) in [7, 11) is 0. The molecular formula is C35H49N5O2. The van der Waals surface area contributed by atoms with Crippen LogP contribution < -0.4 is 10.6 Å². The van der Waals surface area contributed by atoms with Gasteiger partial charge in [0.25, 0.3) is 0 Å². The Bertz CT molecular complexity index is 1340. The van der Waals surface area contributed by atoms with Crippen molar-refractivity contribution in [3.8, 4) is 0 Å². The van der Waals surface area contributed by atoms with Gasteiger partial charge in [-0.05, 0) is 54.0 Å². The molecule has 5 rings (SSSR count). The van der Waals surface area contributed by atoms with Crippen molar-refractivity contribution in [2.24, 2.45) is 0 Å². The summed E-state index contributed by atoms with van der Waals surface area (Å²) in [5.74, 6) is -0.448. The Kier molecular flexibility index (Phi) is 10.3. The molecular weight excluding hydrogens is 522 g/mol. The minimum absolute atomic E-state index is 0.0893. The topological polar surface area (TPSA) is 80.5 Å². The van der Waals surface area contributed by atoms with Gasteiger partial charge in [0.1, 0.15) is 6.04 Å². The molecule has 2 amide bonds. The predicted octanol–water partition coefficient (Wildman–Crippen LogP) is 5.15. The normalized spacial score (nSPS) is 18.5. The number of aromatic amines is 1. The molecule has 7 nitrogen and oxygen atoms in total. The van der Waals surface area contributed by atoms with Crippen LogP contribution in [0.4, 0.5) is 0 Å². The van der Waals surface area contributed by atoms with Crippen molar-refractivity contribution in [2.75, 3.05) is 32.7 Å². The highest BCUT2D eigenvalue weighted by molar-refractivity contribution is 5.91. The second-order valence-corrected chi connectivity index (χ2v) is 12.3. The fourth-order valence-corrected chi connectivity index (χ4v) is 6.99. The summed E-state index contributed by atoms with van der Waals surface area (Å²) in [6.07, 6.45) is 10.6. The van der Waals surface area contributed by atoms with Gasteiger partial charge >= 0.3 is 0 Å². The maximum Gasteiger partial charge on any atom is 0.243 e. The number of nitrogens with zero attached hydrogens (tertiary/aromatic N) is 2. The molecule has 0 bridgehead atoms. The number of fused-ring (bicyclic) bond motifs is 1. The lowest BCUT2D eigenvalue weighted by molar-refractivity contribution is -0.130. The van der Waals surface area contributed by atoms with Crippen molar-refractivity contribution in [3.63, 3.8) is 0 Å². The van der Waals surface area contributed by atoms with Crippen molar-refractivity contribution in [1.82, 2.24) is 25.4 Å². The lowest BCUT2D eigenvalue weighted by Crippen LogP contribution is -2.55. The van der Waals surface area contributed by atoms with Gasteiger partial charge in [-0.25, -0.2) is 0 Å². The van der Waals surface area contributed by atoms with Gasteiger partial charge in [-0.3, -0.25) is 19.4 Å². The van der Waals surface area contributed by atoms with Gasteiger partial charge in [0.2, 0.25) is 11.8 Å². The molecule has 2 aliphatic rings. The summed E-state index contributed by atoms with van der Waals surface area (Å²) >= 11 is 0. The van der Waals surface area contributed by atoms with Gasteiger partial charge < -0.3 is 15.6 Å². The van der Waals surface area contributed by atoms with Crippen LogP contribution in [-0.2, 0) is 29.0 Å². The van der Waals surface area contributed by atoms with Crippen molar-refractivity contribution < 1.29 is 9.59 Å². The molecule has 1 aromatic heterocycles. The molecule has 3 aromatic rings. The molecule has 0 radical (unpaired) electrons. The number of aryl methyl sites for hydroxylation is 2. The molecule has 7 heteroatoms. The van der Waals surface area contributed by atoms with E-state index in [-0.39, 0.29) is 17.7 Å². The van der Waals surface area contributed by atoms with E-state index < -0.39 is 6.04 Å². The van der Waals surface area contributed by atoms with Gasteiger partial charge in [-0.2, -0.15) is 0 Å². The van der Waals surface area contributed by atoms with E-state index in [4.69, 9.17) is 0 Å². The van der Waals surface area contributed by atoms with E-state index in [0.717, 1.165) is 61.1 Å². The fourth-order valence-electron chi connectivity index (χ4n) is 6.99. The number of para-hydroxylation sites is 1. The van der Waals surface area contributed by atoms with E-state index in [9.17, 15) is 9.59 Å². The molecule has 1 aliphatic carbocycles. The van der Waals surface area contributed by atoms with Gasteiger partial charge in [-0.1, -0.05) is 76.4 Å². The lowest BCUT2D eigenvalue weighted by atomic mass is 9.92. The number of rotatable bonds is 11. The standard InChI is InChI=1S/C35H49N5O2/c1-4-27-16-15-26(21-28(27)5-2)22-37-35(42)34(25(3)31-23-36-32-14-10-9-13-30(31)32)38-33(41)24-39-17-19-40(20-18-39)29-11-7-6-8-12-29/h9-10,13-16,21,23,25,29,34,36H,4-8,11-12,17-20,22,24H2,1-3H3,(H,37,42)(H,38,41). The molecule has 1 saturated heterocycles. The van der Waals surface area contributed by atoms with E-state index in [0.29, 0.717) is 19.1 Å². The third kappa shape index (κ3) is 7.24. The van der Waals surface area contributed by atoms with E-state index in [1.165, 1.54) is 43.2 Å². The molecule has 1 saturated carbocycles. The van der Waals surface area contributed by atoms with Crippen molar-refractivity contribution in [2.45, 2.75) is 90.3 Å². The number of aromatic nitrogens is 1. The van der Waals surface area contributed by atoms with Crippen LogP contribution in [0.2, 0.25) is 0 Å². The Morgan fingerprint density at radius 1 is 0.952 bits per heavy atom. The molecule has 2 fully saturated rings. The third-order valence-corrected chi connectivity index (χ3v) is 9.58. The van der Waals surface area contributed by atoms with Crippen LogP contribution in [0.1, 0.15) is 81.0 Å². The highest BCUT2D eigenvalue weighted by Gasteiger charge is 2.31. The first-order valence-electron chi connectivity index (χ1n) is 16.2. The molecule has 0 spiro atoms. The minimum atomic E-state index is -0.680. The zero-order valence-corrected chi connectivity index (χ0v) is 25.8.